The van der Waals surface area contributed by atoms with Crippen LogP contribution in [-0.4, -0.2) is 26.6 Å². The normalized spacial score (nSPS) is 18.5. The monoisotopic (exact) mass is 336 g/mol. The highest BCUT2D eigenvalue weighted by Crippen LogP contribution is 2.34. The van der Waals surface area contributed by atoms with Gasteiger partial charge in [0, 0.05) is 18.5 Å². The second kappa shape index (κ2) is 6.56. The van der Waals surface area contributed by atoms with Crippen LogP contribution in [0.4, 0.5) is 0 Å². The van der Waals surface area contributed by atoms with E-state index >= 15 is 0 Å². The van der Waals surface area contributed by atoms with Crippen molar-refractivity contribution in [2.75, 3.05) is 6.54 Å². The van der Waals surface area contributed by atoms with Gasteiger partial charge in [-0.15, -0.1) is 0 Å². The molecule has 0 aliphatic carbocycles. The van der Waals surface area contributed by atoms with E-state index in [4.69, 9.17) is 14.5 Å². The summed E-state index contributed by atoms with van der Waals surface area (Å²) in [7, 11) is 0. The van der Waals surface area contributed by atoms with Crippen molar-refractivity contribution >= 4 is 11.0 Å². The van der Waals surface area contributed by atoms with Gasteiger partial charge in [0.15, 0.2) is 0 Å². The predicted octanol–water partition coefficient (Wildman–Crippen LogP) is 4.39. The Labute approximate surface area is 148 Å². The topological polar surface area (TPSA) is 55.1 Å². The second-order valence-corrected chi connectivity index (χ2v) is 7.18. The van der Waals surface area contributed by atoms with Crippen LogP contribution in [0.25, 0.3) is 11.0 Å². The molecule has 1 aromatic carbocycles. The van der Waals surface area contributed by atoms with Gasteiger partial charge in [-0.25, -0.2) is 9.97 Å². The average molecular weight is 336 g/mol. The van der Waals surface area contributed by atoms with Gasteiger partial charge in [0.1, 0.15) is 11.5 Å². The molecule has 5 heteroatoms. The first kappa shape index (κ1) is 16.2. The first-order valence-electron chi connectivity index (χ1n) is 9.04. The van der Waals surface area contributed by atoms with Crippen LogP contribution in [0.5, 0.6) is 0 Å². The molecule has 0 saturated carbocycles. The molecule has 0 amide bonds. The summed E-state index contributed by atoms with van der Waals surface area (Å²) in [5, 5.41) is 4.33. The summed E-state index contributed by atoms with van der Waals surface area (Å²) in [4.78, 5) is 12.0. The van der Waals surface area contributed by atoms with Crippen molar-refractivity contribution in [2.24, 2.45) is 0 Å². The maximum absolute atomic E-state index is 5.51. The number of hydrogen-bond donors (Lipinski definition) is 0. The zero-order valence-corrected chi connectivity index (χ0v) is 15.1. The minimum atomic E-state index is 0.309. The van der Waals surface area contributed by atoms with E-state index in [1.807, 2.05) is 31.2 Å². The maximum atomic E-state index is 5.51. The van der Waals surface area contributed by atoms with E-state index in [-0.39, 0.29) is 0 Å². The fourth-order valence-corrected chi connectivity index (χ4v) is 3.55. The van der Waals surface area contributed by atoms with Gasteiger partial charge in [0.05, 0.1) is 28.5 Å². The van der Waals surface area contributed by atoms with Gasteiger partial charge in [-0.3, -0.25) is 4.90 Å². The Morgan fingerprint density at radius 1 is 1.20 bits per heavy atom. The highest BCUT2D eigenvalue weighted by Gasteiger charge is 2.29. The summed E-state index contributed by atoms with van der Waals surface area (Å²) in [6, 6.07) is 10.5. The number of hydrogen-bond acceptors (Lipinski definition) is 5. The molecule has 0 bridgehead atoms. The highest BCUT2D eigenvalue weighted by atomic mass is 16.5. The third-order valence-corrected chi connectivity index (χ3v) is 5.02. The number of benzene rings is 1. The molecule has 0 unspecified atom stereocenters. The van der Waals surface area contributed by atoms with E-state index in [9.17, 15) is 0 Å². The number of aromatic nitrogens is 3. The van der Waals surface area contributed by atoms with Crippen molar-refractivity contribution in [1.82, 2.24) is 20.0 Å². The number of fused-ring (bicyclic) bond motifs is 1. The van der Waals surface area contributed by atoms with Gasteiger partial charge in [-0.1, -0.05) is 31.1 Å². The lowest BCUT2D eigenvalue weighted by Gasteiger charge is -2.22. The molecule has 130 valence electrons. The van der Waals surface area contributed by atoms with Crippen LogP contribution >= 0.6 is 0 Å². The fraction of sp³-hybridized carbons (Fsp3) is 0.450. The van der Waals surface area contributed by atoms with Crippen LogP contribution in [0.3, 0.4) is 0 Å². The van der Waals surface area contributed by atoms with Crippen LogP contribution in [0.1, 0.15) is 61.5 Å². The van der Waals surface area contributed by atoms with Crippen molar-refractivity contribution in [1.29, 1.82) is 0 Å². The van der Waals surface area contributed by atoms with Crippen LogP contribution in [-0.2, 0) is 6.54 Å². The van der Waals surface area contributed by atoms with Crippen molar-refractivity contribution in [3.63, 3.8) is 0 Å². The third-order valence-electron chi connectivity index (χ3n) is 5.02. The Kier molecular flexibility index (Phi) is 4.25. The zero-order valence-electron chi connectivity index (χ0n) is 15.1. The Bertz CT molecular complexity index is 886. The van der Waals surface area contributed by atoms with Crippen molar-refractivity contribution in [2.45, 2.75) is 52.1 Å². The molecule has 1 aliphatic rings. The molecule has 4 rings (SSSR count). The maximum Gasteiger partial charge on any atom is 0.139 e. The fourth-order valence-electron chi connectivity index (χ4n) is 3.55. The van der Waals surface area contributed by atoms with Gasteiger partial charge in [-0.2, -0.15) is 0 Å². The molecule has 1 aliphatic heterocycles. The van der Waals surface area contributed by atoms with Gasteiger partial charge >= 0.3 is 0 Å². The largest absolute Gasteiger partial charge is 0.361 e. The molecule has 5 nitrogen and oxygen atoms in total. The molecule has 1 fully saturated rings. The lowest BCUT2D eigenvalue weighted by molar-refractivity contribution is 0.233. The molecule has 3 aromatic rings. The minimum Gasteiger partial charge on any atom is -0.361 e. The van der Waals surface area contributed by atoms with E-state index in [1.54, 1.807) is 0 Å². The number of rotatable bonds is 4. The first-order valence-corrected chi connectivity index (χ1v) is 9.04. The molecule has 1 saturated heterocycles. The van der Waals surface area contributed by atoms with Gasteiger partial charge in [0.2, 0.25) is 0 Å². The molecular formula is C20H24N4O. The average Bonchev–Trinajstić information content (AvgIpc) is 3.24. The first-order chi connectivity index (χ1) is 12.1. The number of likely N-dealkylation sites (tertiary alicyclic amines) is 1. The van der Waals surface area contributed by atoms with Gasteiger partial charge in [-0.05, 0) is 38.4 Å². The van der Waals surface area contributed by atoms with Gasteiger partial charge < -0.3 is 4.52 Å². The number of nitrogens with zero attached hydrogens (tertiary/aromatic N) is 4. The quantitative estimate of drug-likeness (QED) is 0.707. The van der Waals surface area contributed by atoms with E-state index in [1.165, 1.54) is 6.42 Å². The standard InChI is InChI=1S/C20H24N4O/c1-13(2)20-11-17(23-25-20)19-9-6-10-24(19)12-18-14(3)21-15-7-4-5-8-16(15)22-18/h4-5,7-8,11,13,19H,6,9-10,12H2,1-3H3/t19-/m0/s1. The van der Waals surface area contributed by atoms with E-state index < -0.39 is 0 Å². The Morgan fingerprint density at radius 3 is 2.68 bits per heavy atom. The number of aryl methyl sites for hydroxylation is 1. The molecule has 2 aromatic heterocycles. The summed E-state index contributed by atoms with van der Waals surface area (Å²) in [5.41, 5.74) is 5.03. The Hall–Kier alpha value is -2.27. The third kappa shape index (κ3) is 3.16. The van der Waals surface area contributed by atoms with E-state index in [0.717, 1.165) is 53.4 Å². The van der Waals surface area contributed by atoms with Crippen molar-refractivity contribution in [3.8, 4) is 0 Å². The summed E-state index contributed by atoms with van der Waals surface area (Å²) in [6.45, 7) is 8.17. The zero-order chi connectivity index (χ0) is 17.4. The van der Waals surface area contributed by atoms with Crippen molar-refractivity contribution < 1.29 is 4.52 Å². The summed E-state index contributed by atoms with van der Waals surface area (Å²) < 4.78 is 5.51. The SMILES string of the molecule is Cc1nc2ccccc2nc1CN1CCC[C@H]1c1cc(C(C)C)on1. The number of para-hydroxylation sites is 2. The predicted molar refractivity (Wildman–Crippen MR) is 97.3 cm³/mol. The summed E-state index contributed by atoms with van der Waals surface area (Å²) in [6.07, 6.45) is 2.29. The Morgan fingerprint density at radius 2 is 1.96 bits per heavy atom. The van der Waals surface area contributed by atoms with Crippen LogP contribution in [0.15, 0.2) is 34.9 Å². The highest BCUT2D eigenvalue weighted by molar-refractivity contribution is 5.74. The molecule has 1 atom stereocenters. The molecule has 25 heavy (non-hydrogen) atoms. The molecule has 0 N–H and O–H groups in total. The smallest absolute Gasteiger partial charge is 0.139 e. The summed E-state index contributed by atoms with van der Waals surface area (Å²) >= 11 is 0. The Balaban J connectivity index is 1.59. The molecule has 0 spiro atoms. The van der Waals surface area contributed by atoms with E-state index in [2.05, 4.69) is 30.0 Å². The van der Waals surface area contributed by atoms with Crippen LogP contribution in [0, 0.1) is 6.92 Å². The van der Waals surface area contributed by atoms with Crippen LogP contribution < -0.4 is 0 Å². The minimum absolute atomic E-state index is 0.309. The van der Waals surface area contributed by atoms with Crippen LogP contribution in [0.2, 0.25) is 0 Å². The molecule has 0 radical (unpaired) electrons. The molecule has 3 heterocycles. The van der Waals surface area contributed by atoms with Gasteiger partial charge in [0.25, 0.3) is 0 Å². The summed E-state index contributed by atoms with van der Waals surface area (Å²) in [5.74, 6) is 1.33. The lowest BCUT2D eigenvalue weighted by Crippen LogP contribution is -2.24. The molecular weight excluding hydrogens is 312 g/mol. The van der Waals surface area contributed by atoms with Crippen molar-refractivity contribution in [3.05, 3.63) is 53.2 Å². The second-order valence-electron chi connectivity index (χ2n) is 7.18. The lowest BCUT2D eigenvalue weighted by atomic mass is 10.1. The van der Waals surface area contributed by atoms with E-state index in [0.29, 0.717) is 12.0 Å².